The molecule has 0 rings (SSSR count). The molecule has 78 valence electrons. The number of Topliss-reactive ketones (excluding diaryl/α,β-unsaturated/α-hetero) is 1. The molecule has 0 amide bonds. The molecule has 0 aliphatic rings. The third-order valence-corrected chi connectivity index (χ3v) is 0.498. The maximum atomic E-state index is 9.81. The summed E-state index contributed by atoms with van der Waals surface area (Å²) in [4.78, 5) is 9.81. The lowest BCUT2D eigenvalue weighted by atomic mass is 10.4. The van der Waals surface area contributed by atoms with Crippen LogP contribution in [0.2, 0.25) is 0 Å². The number of carbonyl (C=O) groups is 1. The molecule has 0 saturated carbocycles. The highest BCUT2D eigenvalue weighted by Crippen LogP contribution is 1.71. The van der Waals surface area contributed by atoms with Crippen LogP contribution in [-0.2, 0) is 4.79 Å². The Balaban J connectivity index is -0.0000000406. The van der Waals surface area contributed by atoms with Crippen LogP contribution in [0.1, 0.15) is 68.2 Å². The van der Waals surface area contributed by atoms with E-state index in [1.807, 2.05) is 6.92 Å². The van der Waals surface area contributed by atoms with Crippen molar-refractivity contribution in [2.75, 3.05) is 0 Å². The fourth-order valence-corrected chi connectivity index (χ4v) is 0. The Morgan fingerprint density at radius 3 is 1.00 bits per heavy atom. The van der Waals surface area contributed by atoms with Gasteiger partial charge in [-0.1, -0.05) is 54.9 Å². The largest absolute Gasteiger partial charge is 0.300 e. The fraction of sp³-hybridized carbons (Fsp3) is 0.909. The maximum Gasteiger partial charge on any atom is 0.129 e. The van der Waals surface area contributed by atoms with Crippen LogP contribution in [0.5, 0.6) is 0 Å². The van der Waals surface area contributed by atoms with Gasteiger partial charge < -0.3 is 4.79 Å². The molecule has 0 N–H and O–H groups in total. The normalized spacial score (nSPS) is 6.17. The smallest absolute Gasteiger partial charge is 0.129 e. The summed E-state index contributed by atoms with van der Waals surface area (Å²) in [6, 6.07) is 0. The van der Waals surface area contributed by atoms with Gasteiger partial charge in [-0.3, -0.25) is 0 Å². The average molecular weight is 176 g/mol. The zero-order valence-corrected chi connectivity index (χ0v) is 9.03. The van der Waals surface area contributed by atoms with Gasteiger partial charge in [0.2, 0.25) is 0 Å². The van der Waals surface area contributed by atoms with Gasteiger partial charge in [0.15, 0.2) is 0 Å². The van der Waals surface area contributed by atoms with Gasteiger partial charge in [0.25, 0.3) is 0 Å². The molecule has 0 aliphatic heterocycles. The average Bonchev–Trinajstić information content (AvgIpc) is 1.91. The van der Waals surface area contributed by atoms with Gasteiger partial charge in [-0.15, -0.1) is 0 Å². The number of hydrogen-bond donors (Lipinski definition) is 0. The minimum absolute atomic E-state index is 0. The molecule has 0 atom stereocenters. The van der Waals surface area contributed by atoms with Crippen LogP contribution in [0, 0.1) is 0 Å². The van der Waals surface area contributed by atoms with Crippen molar-refractivity contribution in [3.05, 3.63) is 0 Å². The van der Waals surface area contributed by atoms with Gasteiger partial charge in [-0.25, -0.2) is 0 Å². The van der Waals surface area contributed by atoms with Crippen molar-refractivity contribution in [3.8, 4) is 0 Å². The first-order chi connectivity index (χ1) is 5.10. The molecule has 0 unspecified atom stereocenters. The number of ketones is 1. The van der Waals surface area contributed by atoms with Crippen LogP contribution in [-0.4, -0.2) is 5.78 Å². The van der Waals surface area contributed by atoms with E-state index in [1.54, 1.807) is 6.92 Å². The van der Waals surface area contributed by atoms with Crippen molar-refractivity contribution >= 4 is 5.78 Å². The second-order valence-electron chi connectivity index (χ2n) is 2.47. The highest BCUT2D eigenvalue weighted by atomic mass is 16.1. The topological polar surface area (TPSA) is 17.1 Å². The first kappa shape index (κ1) is 22.6. The summed E-state index contributed by atoms with van der Waals surface area (Å²) in [7, 11) is 0. The lowest BCUT2D eigenvalue weighted by molar-refractivity contribution is -0.116. The molecule has 0 fully saturated rings. The minimum atomic E-state index is 0. The minimum Gasteiger partial charge on any atom is -0.300 e. The van der Waals surface area contributed by atoms with E-state index in [0.717, 1.165) is 0 Å². The van der Waals surface area contributed by atoms with Crippen molar-refractivity contribution in [2.45, 2.75) is 68.2 Å². The molecule has 0 aromatic rings. The SMILES string of the molecule is C.CCC.CCC.CCC(C)=O. The van der Waals surface area contributed by atoms with Gasteiger partial charge >= 0.3 is 0 Å². The molecule has 1 heteroatoms. The first-order valence-electron chi connectivity index (χ1n) is 4.59. The van der Waals surface area contributed by atoms with Gasteiger partial charge in [0, 0.05) is 6.42 Å². The Kier molecular flexibility index (Phi) is 58.4. The summed E-state index contributed by atoms with van der Waals surface area (Å²) < 4.78 is 0. The standard InChI is InChI=1S/C4H8O.2C3H8.CH4/c1-3-4(2)5;2*1-3-2;/h3H2,1-2H3;2*3H2,1-2H3;1H4. The molecule has 0 radical (unpaired) electrons. The van der Waals surface area contributed by atoms with E-state index in [9.17, 15) is 4.79 Å². The molecule has 0 heterocycles. The molecule has 0 spiro atoms. The molecule has 1 nitrogen and oxygen atoms in total. The third kappa shape index (κ3) is 261. The van der Waals surface area contributed by atoms with Crippen molar-refractivity contribution in [1.29, 1.82) is 0 Å². The number of carbonyl (C=O) groups excluding carboxylic acids is 1. The Morgan fingerprint density at radius 2 is 1.00 bits per heavy atom. The predicted octanol–water partition coefficient (Wildman–Crippen LogP) is 4.45. The van der Waals surface area contributed by atoms with E-state index < -0.39 is 0 Å². The van der Waals surface area contributed by atoms with E-state index in [2.05, 4.69) is 27.7 Å². The summed E-state index contributed by atoms with van der Waals surface area (Å²) in [6.45, 7) is 11.9. The number of rotatable bonds is 1. The summed E-state index contributed by atoms with van der Waals surface area (Å²) in [5.74, 6) is 0.255. The lowest BCUT2D eigenvalue weighted by Gasteiger charge is -1.71. The van der Waals surface area contributed by atoms with Gasteiger partial charge in [-0.05, 0) is 6.92 Å². The summed E-state index contributed by atoms with van der Waals surface area (Å²) in [6.07, 6.45) is 3.17. The quantitative estimate of drug-likeness (QED) is 0.576. The summed E-state index contributed by atoms with van der Waals surface area (Å²) in [5, 5.41) is 0. The van der Waals surface area contributed by atoms with Crippen LogP contribution in [0.15, 0.2) is 0 Å². The van der Waals surface area contributed by atoms with Crippen molar-refractivity contribution < 1.29 is 4.79 Å². The van der Waals surface area contributed by atoms with Crippen molar-refractivity contribution in [3.63, 3.8) is 0 Å². The van der Waals surface area contributed by atoms with E-state index in [1.165, 1.54) is 12.8 Å². The van der Waals surface area contributed by atoms with Crippen LogP contribution in [0.3, 0.4) is 0 Å². The Morgan fingerprint density at radius 1 is 0.917 bits per heavy atom. The zero-order chi connectivity index (χ0) is 9.70. The van der Waals surface area contributed by atoms with E-state index >= 15 is 0 Å². The molecular formula is C11H28O. The van der Waals surface area contributed by atoms with Crippen LogP contribution >= 0.6 is 0 Å². The fourth-order valence-electron chi connectivity index (χ4n) is 0. The van der Waals surface area contributed by atoms with E-state index in [4.69, 9.17) is 0 Å². The Labute approximate surface area is 79.6 Å². The van der Waals surface area contributed by atoms with E-state index in [-0.39, 0.29) is 13.2 Å². The second-order valence-corrected chi connectivity index (χ2v) is 2.47. The van der Waals surface area contributed by atoms with Crippen molar-refractivity contribution in [2.24, 2.45) is 0 Å². The summed E-state index contributed by atoms with van der Waals surface area (Å²) in [5.41, 5.74) is 0. The molecular weight excluding hydrogens is 148 g/mol. The van der Waals surface area contributed by atoms with Crippen molar-refractivity contribution in [1.82, 2.24) is 0 Å². The molecule has 0 saturated heterocycles. The molecule has 0 bridgehead atoms. The molecule has 0 aliphatic carbocycles. The van der Waals surface area contributed by atoms with E-state index in [0.29, 0.717) is 6.42 Å². The maximum absolute atomic E-state index is 9.81. The molecule has 0 aromatic carbocycles. The number of hydrogen-bond acceptors (Lipinski definition) is 1. The Bertz CT molecular complexity index is 56.0. The lowest BCUT2D eigenvalue weighted by Crippen LogP contribution is -1.80. The Hall–Kier alpha value is -0.330. The van der Waals surface area contributed by atoms with Gasteiger partial charge in [-0.2, -0.15) is 0 Å². The zero-order valence-electron chi connectivity index (χ0n) is 9.03. The van der Waals surface area contributed by atoms with Gasteiger partial charge in [0.1, 0.15) is 5.78 Å². The first-order valence-corrected chi connectivity index (χ1v) is 4.59. The van der Waals surface area contributed by atoms with Crippen LogP contribution < -0.4 is 0 Å². The summed E-state index contributed by atoms with van der Waals surface area (Å²) >= 11 is 0. The molecule has 12 heavy (non-hydrogen) atoms. The van der Waals surface area contributed by atoms with Gasteiger partial charge in [0.05, 0.1) is 0 Å². The van der Waals surface area contributed by atoms with Crippen LogP contribution in [0.25, 0.3) is 0 Å². The van der Waals surface area contributed by atoms with Crippen LogP contribution in [0.4, 0.5) is 0 Å². The highest BCUT2D eigenvalue weighted by molar-refractivity contribution is 5.74. The monoisotopic (exact) mass is 176 g/mol. The predicted molar refractivity (Wildman–Crippen MR) is 59.6 cm³/mol. The second kappa shape index (κ2) is 31.0. The molecule has 0 aromatic heterocycles. The highest BCUT2D eigenvalue weighted by Gasteiger charge is 1.76. The third-order valence-electron chi connectivity index (χ3n) is 0.498.